The highest BCUT2D eigenvalue weighted by Crippen LogP contribution is 2.27. The number of ether oxygens (including phenoxy) is 1. The number of aromatic nitrogens is 4. The van der Waals surface area contributed by atoms with Crippen LogP contribution >= 0.6 is 11.6 Å². The molecule has 0 saturated heterocycles. The molecule has 6 nitrogen and oxygen atoms in total. The van der Waals surface area contributed by atoms with Gasteiger partial charge in [0.05, 0.1) is 13.4 Å². The Morgan fingerprint density at radius 3 is 3.06 bits per heavy atom. The van der Waals surface area contributed by atoms with Gasteiger partial charge in [0.15, 0.2) is 16.7 Å². The maximum atomic E-state index is 5.88. The van der Waals surface area contributed by atoms with Gasteiger partial charge in [-0.3, -0.25) is 0 Å². The topological polar surface area (TPSA) is 64.9 Å². The van der Waals surface area contributed by atoms with Crippen LogP contribution in [0.2, 0.25) is 5.15 Å². The second-order valence-electron chi connectivity index (χ2n) is 3.27. The van der Waals surface area contributed by atoms with E-state index in [1.165, 1.54) is 13.4 Å². The minimum absolute atomic E-state index is 0.299. The van der Waals surface area contributed by atoms with Gasteiger partial charge < -0.3 is 14.6 Å². The number of nitrogens with zero attached hydrogens (tertiary/aromatic N) is 4. The van der Waals surface area contributed by atoms with E-state index in [2.05, 4.69) is 20.3 Å². The average Bonchev–Trinajstić information content (AvgIpc) is 2.82. The molecule has 0 aliphatic rings. The van der Waals surface area contributed by atoms with Crippen molar-refractivity contribution in [2.24, 2.45) is 0 Å². The summed E-state index contributed by atoms with van der Waals surface area (Å²) in [5.41, 5.74) is 0. The lowest BCUT2D eigenvalue weighted by molar-refractivity contribution is 0.413. The van der Waals surface area contributed by atoms with E-state index < -0.39 is 0 Å². The number of nitrogens with one attached hydrogen (secondary N) is 1. The quantitative estimate of drug-likeness (QED) is 0.817. The van der Waals surface area contributed by atoms with Crippen LogP contribution in [0.4, 0.5) is 5.82 Å². The Balaban J connectivity index is 1.97. The molecule has 90 valence electrons. The molecule has 0 aliphatic carbocycles. The van der Waals surface area contributed by atoms with Crippen LogP contribution in [-0.2, 0) is 6.54 Å². The number of hydrogen-bond acceptors (Lipinski definition) is 5. The molecule has 0 unspecified atom stereocenters. The molecule has 0 fully saturated rings. The highest BCUT2D eigenvalue weighted by atomic mass is 35.5. The molecule has 0 atom stereocenters. The second kappa shape index (κ2) is 5.49. The zero-order chi connectivity index (χ0) is 12.1. The first kappa shape index (κ1) is 11.7. The molecule has 2 rings (SSSR count). The lowest BCUT2D eigenvalue weighted by atomic mass is 10.5. The standard InChI is InChI=1S/C10H12ClN5O/c1-17-8-9(11)14-6-15-10(8)13-3-5-16-4-2-12-7-16/h2,4,6-7H,3,5H2,1H3,(H,13,14,15). The minimum atomic E-state index is 0.299. The maximum absolute atomic E-state index is 5.88. The number of hydrogen-bond donors (Lipinski definition) is 1. The average molecular weight is 254 g/mol. The van der Waals surface area contributed by atoms with Gasteiger partial charge in [-0.25, -0.2) is 15.0 Å². The van der Waals surface area contributed by atoms with Gasteiger partial charge in [-0.1, -0.05) is 11.6 Å². The highest BCUT2D eigenvalue weighted by molar-refractivity contribution is 6.31. The lowest BCUT2D eigenvalue weighted by Gasteiger charge is -2.10. The zero-order valence-electron chi connectivity index (χ0n) is 9.30. The third-order valence-electron chi connectivity index (χ3n) is 2.19. The van der Waals surface area contributed by atoms with E-state index in [-0.39, 0.29) is 0 Å². The fourth-order valence-electron chi connectivity index (χ4n) is 1.38. The van der Waals surface area contributed by atoms with Gasteiger partial charge in [-0.05, 0) is 0 Å². The van der Waals surface area contributed by atoms with Crippen LogP contribution in [0.3, 0.4) is 0 Å². The summed E-state index contributed by atoms with van der Waals surface area (Å²) in [5, 5.41) is 3.43. The monoisotopic (exact) mass is 253 g/mol. The van der Waals surface area contributed by atoms with Crippen molar-refractivity contribution < 1.29 is 4.74 Å². The van der Waals surface area contributed by atoms with Crippen molar-refractivity contribution in [3.8, 4) is 5.75 Å². The van der Waals surface area contributed by atoms with Gasteiger partial charge in [-0.15, -0.1) is 0 Å². The first-order valence-electron chi connectivity index (χ1n) is 5.05. The van der Waals surface area contributed by atoms with Crippen molar-refractivity contribution in [1.82, 2.24) is 19.5 Å². The molecule has 0 saturated carbocycles. The van der Waals surface area contributed by atoms with E-state index >= 15 is 0 Å². The molecule has 1 N–H and O–H groups in total. The molecule has 0 aromatic carbocycles. The van der Waals surface area contributed by atoms with E-state index in [0.29, 0.717) is 23.3 Å². The summed E-state index contributed by atoms with van der Waals surface area (Å²) >= 11 is 5.88. The Morgan fingerprint density at radius 1 is 1.47 bits per heavy atom. The Morgan fingerprint density at radius 2 is 2.35 bits per heavy atom. The summed E-state index contributed by atoms with van der Waals surface area (Å²) in [6.45, 7) is 1.48. The number of imidazole rings is 1. The van der Waals surface area contributed by atoms with E-state index in [0.717, 1.165) is 6.54 Å². The van der Waals surface area contributed by atoms with E-state index in [1.54, 1.807) is 12.5 Å². The Labute approximate surface area is 104 Å². The molecule has 7 heteroatoms. The van der Waals surface area contributed by atoms with Crippen molar-refractivity contribution in [2.75, 3.05) is 19.0 Å². The molecule has 0 bridgehead atoms. The zero-order valence-corrected chi connectivity index (χ0v) is 10.1. The molecular weight excluding hydrogens is 242 g/mol. The van der Waals surface area contributed by atoms with Gasteiger partial charge in [0.25, 0.3) is 0 Å². The van der Waals surface area contributed by atoms with Crippen LogP contribution in [0.1, 0.15) is 0 Å². The van der Waals surface area contributed by atoms with Gasteiger partial charge in [0.1, 0.15) is 6.33 Å². The van der Waals surface area contributed by atoms with Crippen LogP contribution in [0, 0.1) is 0 Å². The summed E-state index contributed by atoms with van der Waals surface area (Å²) in [5.74, 6) is 1.05. The van der Waals surface area contributed by atoms with Gasteiger partial charge in [0.2, 0.25) is 0 Å². The van der Waals surface area contributed by atoms with Gasteiger partial charge >= 0.3 is 0 Å². The maximum Gasteiger partial charge on any atom is 0.198 e. The van der Waals surface area contributed by atoms with E-state index in [4.69, 9.17) is 16.3 Å². The van der Waals surface area contributed by atoms with Gasteiger partial charge in [-0.2, -0.15) is 0 Å². The van der Waals surface area contributed by atoms with E-state index in [9.17, 15) is 0 Å². The lowest BCUT2D eigenvalue weighted by Crippen LogP contribution is -2.11. The third-order valence-corrected chi connectivity index (χ3v) is 2.46. The molecule has 2 heterocycles. The molecule has 0 radical (unpaired) electrons. The number of methoxy groups -OCH3 is 1. The predicted octanol–water partition coefficient (Wildman–Crippen LogP) is 1.45. The van der Waals surface area contributed by atoms with E-state index in [1.807, 2.05) is 10.8 Å². The first-order valence-corrected chi connectivity index (χ1v) is 5.43. The summed E-state index contributed by atoms with van der Waals surface area (Å²) in [6, 6.07) is 0. The molecule has 17 heavy (non-hydrogen) atoms. The number of anilines is 1. The molecule has 0 spiro atoms. The smallest absolute Gasteiger partial charge is 0.198 e. The molecule has 2 aromatic rings. The Kier molecular flexibility index (Phi) is 3.77. The fourth-order valence-corrected chi connectivity index (χ4v) is 1.59. The minimum Gasteiger partial charge on any atom is -0.490 e. The summed E-state index contributed by atoms with van der Waals surface area (Å²) in [6.07, 6.45) is 6.78. The van der Waals surface area contributed by atoms with Crippen LogP contribution in [-0.4, -0.2) is 33.2 Å². The summed E-state index contributed by atoms with van der Waals surface area (Å²) in [4.78, 5) is 11.9. The largest absolute Gasteiger partial charge is 0.490 e. The van der Waals surface area contributed by atoms with Crippen molar-refractivity contribution in [3.63, 3.8) is 0 Å². The summed E-state index contributed by atoms with van der Waals surface area (Å²) in [7, 11) is 1.53. The summed E-state index contributed by atoms with van der Waals surface area (Å²) < 4.78 is 7.09. The molecule has 0 aliphatic heterocycles. The van der Waals surface area contributed by atoms with Gasteiger partial charge in [0, 0.05) is 25.5 Å². The van der Waals surface area contributed by atoms with Crippen molar-refractivity contribution in [2.45, 2.75) is 6.54 Å². The fraction of sp³-hybridized carbons (Fsp3) is 0.300. The number of halogens is 1. The Hall–Kier alpha value is -1.82. The van der Waals surface area contributed by atoms with Crippen LogP contribution in [0.5, 0.6) is 5.75 Å². The first-order chi connectivity index (χ1) is 8.31. The predicted molar refractivity (Wildman–Crippen MR) is 64.3 cm³/mol. The van der Waals surface area contributed by atoms with Crippen molar-refractivity contribution in [1.29, 1.82) is 0 Å². The van der Waals surface area contributed by atoms with Crippen molar-refractivity contribution in [3.05, 3.63) is 30.2 Å². The third kappa shape index (κ3) is 2.85. The molecule has 0 amide bonds. The SMILES string of the molecule is COc1c(Cl)ncnc1NCCn1ccnc1. The highest BCUT2D eigenvalue weighted by Gasteiger charge is 2.09. The molecule has 2 aromatic heterocycles. The Bertz CT molecular complexity index is 474. The van der Waals surface area contributed by atoms with Crippen LogP contribution in [0.15, 0.2) is 25.0 Å². The second-order valence-corrected chi connectivity index (χ2v) is 3.63. The molecular formula is C10H12ClN5O. The van der Waals surface area contributed by atoms with Crippen LogP contribution in [0.25, 0.3) is 0 Å². The number of rotatable bonds is 5. The van der Waals surface area contributed by atoms with Crippen LogP contribution < -0.4 is 10.1 Å². The van der Waals surface area contributed by atoms with Crippen molar-refractivity contribution >= 4 is 17.4 Å². The normalized spacial score (nSPS) is 10.2.